The lowest BCUT2D eigenvalue weighted by Crippen LogP contribution is -2.17. The monoisotopic (exact) mass is 260 g/mol. The zero-order valence-corrected chi connectivity index (χ0v) is 11.2. The molecule has 0 radical (unpaired) electrons. The summed E-state index contributed by atoms with van der Waals surface area (Å²) in [4.78, 5) is 12.0. The molecule has 1 heterocycles. The zero-order valence-electron chi connectivity index (χ0n) is 10.3. The fourth-order valence-electron chi connectivity index (χ4n) is 1.90. The van der Waals surface area contributed by atoms with E-state index in [1.165, 1.54) is 0 Å². The molecule has 94 valence electrons. The van der Waals surface area contributed by atoms with Gasteiger partial charge in [0.2, 0.25) is 0 Å². The first-order valence-corrected chi connectivity index (χ1v) is 6.98. The Balaban J connectivity index is 2.18. The third-order valence-corrected chi connectivity index (χ3v) is 3.50. The summed E-state index contributed by atoms with van der Waals surface area (Å²) >= 11 is 1.61. The summed E-state index contributed by atoms with van der Waals surface area (Å²) in [6, 6.07) is 12.0. The van der Waals surface area contributed by atoms with E-state index in [4.69, 9.17) is 4.74 Å². The number of carbonyl (C=O) groups excluding carboxylic acids is 1. The van der Waals surface area contributed by atoms with E-state index in [9.17, 15) is 4.79 Å². The van der Waals surface area contributed by atoms with Gasteiger partial charge in [-0.3, -0.25) is 4.79 Å². The molecule has 2 aromatic rings. The molecule has 0 bridgehead atoms. The van der Waals surface area contributed by atoms with Gasteiger partial charge in [-0.25, -0.2) is 0 Å². The molecule has 1 atom stereocenters. The van der Waals surface area contributed by atoms with Crippen LogP contribution in [0.1, 0.15) is 24.0 Å². The quantitative estimate of drug-likeness (QED) is 0.767. The third-order valence-electron chi connectivity index (χ3n) is 2.80. The van der Waals surface area contributed by atoms with E-state index >= 15 is 0 Å². The predicted molar refractivity (Wildman–Crippen MR) is 73.8 cm³/mol. The molecule has 2 nitrogen and oxygen atoms in total. The van der Waals surface area contributed by atoms with Crippen molar-refractivity contribution in [3.05, 3.63) is 58.3 Å². The smallest absolute Gasteiger partial charge is 0.313 e. The summed E-state index contributed by atoms with van der Waals surface area (Å²) in [5.41, 5.74) is 2.20. The Kier molecular flexibility index (Phi) is 4.53. The van der Waals surface area contributed by atoms with Gasteiger partial charge in [0.15, 0.2) is 0 Å². The fraction of sp³-hybridized carbons (Fsp3) is 0.267. The van der Waals surface area contributed by atoms with Crippen LogP contribution in [0.25, 0.3) is 0 Å². The molecule has 1 unspecified atom stereocenters. The van der Waals surface area contributed by atoms with Crippen molar-refractivity contribution in [1.29, 1.82) is 0 Å². The number of esters is 1. The maximum atomic E-state index is 12.0. The number of ether oxygens (including phenoxy) is 1. The van der Waals surface area contributed by atoms with E-state index in [0.717, 1.165) is 11.1 Å². The van der Waals surface area contributed by atoms with E-state index in [1.54, 1.807) is 11.3 Å². The zero-order chi connectivity index (χ0) is 12.8. The molecule has 0 spiro atoms. The van der Waals surface area contributed by atoms with Gasteiger partial charge in [0.1, 0.15) is 0 Å². The SMILES string of the molecule is CCOC(=O)C(Cc1ccccc1)c1ccsc1. The van der Waals surface area contributed by atoms with Crippen LogP contribution in [-0.4, -0.2) is 12.6 Å². The van der Waals surface area contributed by atoms with Crippen molar-refractivity contribution in [2.75, 3.05) is 6.61 Å². The molecule has 0 aliphatic rings. The highest BCUT2D eigenvalue weighted by molar-refractivity contribution is 7.08. The summed E-state index contributed by atoms with van der Waals surface area (Å²) in [5.74, 6) is -0.335. The van der Waals surface area contributed by atoms with Gasteiger partial charge in [0.25, 0.3) is 0 Å². The molecule has 2 rings (SSSR count). The average Bonchev–Trinajstić information content (AvgIpc) is 2.91. The molecule has 3 heteroatoms. The number of hydrogen-bond acceptors (Lipinski definition) is 3. The Morgan fingerprint density at radius 2 is 2.06 bits per heavy atom. The van der Waals surface area contributed by atoms with Gasteiger partial charge in [-0.1, -0.05) is 30.3 Å². The number of rotatable bonds is 5. The van der Waals surface area contributed by atoms with Gasteiger partial charge in [-0.2, -0.15) is 11.3 Å². The first kappa shape index (κ1) is 12.8. The van der Waals surface area contributed by atoms with Crippen molar-refractivity contribution in [3.8, 4) is 0 Å². The second kappa shape index (κ2) is 6.36. The standard InChI is InChI=1S/C15H16O2S/c1-2-17-15(16)14(13-8-9-18-11-13)10-12-6-4-3-5-7-12/h3-9,11,14H,2,10H2,1H3. The van der Waals surface area contributed by atoms with Gasteiger partial charge < -0.3 is 4.74 Å². The number of hydrogen-bond donors (Lipinski definition) is 0. The molecule has 0 aliphatic heterocycles. The number of carbonyl (C=O) groups is 1. The Bertz CT molecular complexity index is 476. The van der Waals surface area contributed by atoms with Crippen LogP contribution in [0.4, 0.5) is 0 Å². The van der Waals surface area contributed by atoms with E-state index in [-0.39, 0.29) is 11.9 Å². The van der Waals surface area contributed by atoms with Crippen LogP contribution >= 0.6 is 11.3 Å². The van der Waals surface area contributed by atoms with Crippen LogP contribution in [0.15, 0.2) is 47.2 Å². The molecule has 0 fully saturated rings. The number of thiophene rings is 1. The summed E-state index contributed by atoms with van der Waals surface area (Å²) in [6.07, 6.45) is 0.691. The van der Waals surface area contributed by atoms with Crippen LogP contribution in [0.5, 0.6) is 0 Å². The summed E-state index contributed by atoms with van der Waals surface area (Å²) in [5, 5.41) is 4.01. The van der Waals surface area contributed by atoms with Crippen LogP contribution in [0.2, 0.25) is 0 Å². The normalized spacial score (nSPS) is 12.1. The van der Waals surface area contributed by atoms with E-state index in [0.29, 0.717) is 13.0 Å². The van der Waals surface area contributed by atoms with Crippen molar-refractivity contribution < 1.29 is 9.53 Å². The van der Waals surface area contributed by atoms with Crippen molar-refractivity contribution >= 4 is 17.3 Å². The molecule has 0 aliphatic carbocycles. The first-order valence-electron chi connectivity index (χ1n) is 6.04. The maximum absolute atomic E-state index is 12.0. The molecule has 1 aromatic carbocycles. The van der Waals surface area contributed by atoms with Crippen LogP contribution in [0.3, 0.4) is 0 Å². The molecule has 0 saturated heterocycles. The van der Waals surface area contributed by atoms with Gasteiger partial charge in [-0.15, -0.1) is 0 Å². The Labute approximate surface area is 111 Å². The minimum absolute atomic E-state index is 0.139. The van der Waals surface area contributed by atoms with Crippen molar-refractivity contribution in [1.82, 2.24) is 0 Å². The van der Waals surface area contributed by atoms with Crippen molar-refractivity contribution in [3.63, 3.8) is 0 Å². The molecule has 0 N–H and O–H groups in total. The lowest BCUT2D eigenvalue weighted by Gasteiger charge is -2.14. The van der Waals surface area contributed by atoms with Crippen LogP contribution in [-0.2, 0) is 16.0 Å². The second-order valence-corrected chi connectivity index (χ2v) is 4.83. The van der Waals surface area contributed by atoms with Gasteiger partial charge in [0.05, 0.1) is 12.5 Å². The fourth-order valence-corrected chi connectivity index (χ4v) is 2.62. The van der Waals surface area contributed by atoms with Gasteiger partial charge >= 0.3 is 5.97 Å². The minimum Gasteiger partial charge on any atom is -0.466 e. The highest BCUT2D eigenvalue weighted by Gasteiger charge is 2.22. The molecule has 0 amide bonds. The topological polar surface area (TPSA) is 26.3 Å². The number of benzene rings is 1. The molecule has 1 aromatic heterocycles. The summed E-state index contributed by atoms with van der Waals surface area (Å²) < 4.78 is 5.17. The Morgan fingerprint density at radius 1 is 1.28 bits per heavy atom. The lowest BCUT2D eigenvalue weighted by atomic mass is 9.94. The van der Waals surface area contributed by atoms with E-state index in [2.05, 4.69) is 0 Å². The van der Waals surface area contributed by atoms with Gasteiger partial charge in [-0.05, 0) is 41.3 Å². The minimum atomic E-state index is -0.196. The van der Waals surface area contributed by atoms with Crippen molar-refractivity contribution in [2.45, 2.75) is 19.3 Å². The summed E-state index contributed by atoms with van der Waals surface area (Å²) in [7, 11) is 0. The largest absolute Gasteiger partial charge is 0.466 e. The first-order chi connectivity index (χ1) is 8.81. The lowest BCUT2D eigenvalue weighted by molar-refractivity contribution is -0.144. The predicted octanol–water partition coefficient (Wildman–Crippen LogP) is 3.64. The molecular weight excluding hydrogens is 244 g/mol. The Hall–Kier alpha value is -1.61. The highest BCUT2D eigenvalue weighted by atomic mass is 32.1. The second-order valence-electron chi connectivity index (χ2n) is 4.05. The van der Waals surface area contributed by atoms with Crippen LogP contribution in [0, 0.1) is 0 Å². The third kappa shape index (κ3) is 3.20. The Morgan fingerprint density at radius 3 is 2.67 bits per heavy atom. The van der Waals surface area contributed by atoms with E-state index < -0.39 is 0 Å². The van der Waals surface area contributed by atoms with E-state index in [1.807, 2.05) is 54.1 Å². The maximum Gasteiger partial charge on any atom is 0.313 e. The summed E-state index contributed by atoms with van der Waals surface area (Å²) in [6.45, 7) is 2.26. The highest BCUT2D eigenvalue weighted by Crippen LogP contribution is 2.24. The van der Waals surface area contributed by atoms with Crippen molar-refractivity contribution in [2.24, 2.45) is 0 Å². The van der Waals surface area contributed by atoms with Gasteiger partial charge in [0, 0.05) is 0 Å². The van der Waals surface area contributed by atoms with Crippen LogP contribution < -0.4 is 0 Å². The average molecular weight is 260 g/mol. The molecule has 0 saturated carbocycles. The molecule has 18 heavy (non-hydrogen) atoms. The molecular formula is C15H16O2S.